The van der Waals surface area contributed by atoms with Crippen molar-refractivity contribution in [3.05, 3.63) is 35.4 Å². The van der Waals surface area contributed by atoms with Crippen LogP contribution in [0.3, 0.4) is 0 Å². The Hall–Kier alpha value is -1.35. The molecule has 18 heavy (non-hydrogen) atoms. The Kier molecular flexibility index (Phi) is 7.11. The number of amides is 1. The first-order chi connectivity index (χ1) is 8.79. The first-order valence-electron chi connectivity index (χ1n) is 6.76. The van der Waals surface area contributed by atoms with Crippen LogP contribution in [0, 0.1) is 0 Å². The van der Waals surface area contributed by atoms with Crippen molar-refractivity contribution in [2.75, 3.05) is 13.2 Å². The lowest BCUT2D eigenvalue weighted by Crippen LogP contribution is -2.25. The zero-order valence-electron chi connectivity index (χ0n) is 11.1. The van der Waals surface area contributed by atoms with Gasteiger partial charge in [-0.3, -0.25) is 4.79 Å². The number of hydrogen-bond donors (Lipinski definition) is 2. The van der Waals surface area contributed by atoms with Crippen molar-refractivity contribution in [3.63, 3.8) is 0 Å². The molecule has 0 unspecified atom stereocenters. The lowest BCUT2D eigenvalue weighted by atomic mass is 10.0. The molecule has 3 heteroatoms. The van der Waals surface area contributed by atoms with E-state index in [0.717, 1.165) is 49.8 Å². The summed E-state index contributed by atoms with van der Waals surface area (Å²) in [6.45, 7) is 3.06. The van der Waals surface area contributed by atoms with Gasteiger partial charge in [-0.1, -0.05) is 31.5 Å². The van der Waals surface area contributed by atoms with E-state index in [9.17, 15) is 4.79 Å². The Labute approximate surface area is 109 Å². The summed E-state index contributed by atoms with van der Waals surface area (Å²) >= 11 is 0. The largest absolute Gasteiger partial charge is 0.396 e. The molecule has 0 bridgehead atoms. The van der Waals surface area contributed by atoms with Crippen molar-refractivity contribution in [1.29, 1.82) is 0 Å². The molecule has 2 N–H and O–H groups in total. The standard InChI is InChI=1S/C15H23NO2/c1-2-3-11-16-15(18)14-10-5-4-8-13(14)9-6-7-12-17/h4-5,8,10,17H,2-3,6-7,9,11-12H2,1H3,(H,16,18). The zero-order valence-corrected chi connectivity index (χ0v) is 11.1. The highest BCUT2D eigenvalue weighted by Crippen LogP contribution is 2.12. The van der Waals surface area contributed by atoms with E-state index in [0.29, 0.717) is 0 Å². The molecule has 0 heterocycles. The third-order valence-corrected chi connectivity index (χ3v) is 2.93. The molecule has 1 amide bonds. The van der Waals surface area contributed by atoms with Crippen molar-refractivity contribution in [1.82, 2.24) is 5.32 Å². The van der Waals surface area contributed by atoms with Crippen LogP contribution in [0.2, 0.25) is 0 Å². The molecule has 1 aromatic rings. The topological polar surface area (TPSA) is 49.3 Å². The van der Waals surface area contributed by atoms with Crippen LogP contribution in [-0.2, 0) is 6.42 Å². The van der Waals surface area contributed by atoms with Crippen LogP contribution >= 0.6 is 0 Å². The van der Waals surface area contributed by atoms with Gasteiger partial charge in [0, 0.05) is 18.7 Å². The van der Waals surface area contributed by atoms with Crippen LogP contribution in [0.5, 0.6) is 0 Å². The first-order valence-corrected chi connectivity index (χ1v) is 6.76. The van der Waals surface area contributed by atoms with Gasteiger partial charge in [0.25, 0.3) is 5.91 Å². The van der Waals surface area contributed by atoms with E-state index in [4.69, 9.17) is 5.11 Å². The van der Waals surface area contributed by atoms with E-state index in [-0.39, 0.29) is 12.5 Å². The summed E-state index contributed by atoms with van der Waals surface area (Å²) in [6, 6.07) is 7.71. The zero-order chi connectivity index (χ0) is 13.2. The Morgan fingerprint density at radius 2 is 2.00 bits per heavy atom. The monoisotopic (exact) mass is 249 g/mol. The number of aliphatic hydroxyl groups excluding tert-OH is 1. The molecule has 0 spiro atoms. The Morgan fingerprint density at radius 1 is 1.22 bits per heavy atom. The smallest absolute Gasteiger partial charge is 0.251 e. The molecule has 1 aromatic carbocycles. The molecule has 0 aromatic heterocycles. The minimum atomic E-state index is 0.0167. The number of nitrogens with one attached hydrogen (secondary N) is 1. The molecule has 0 aliphatic rings. The first kappa shape index (κ1) is 14.7. The van der Waals surface area contributed by atoms with Gasteiger partial charge in [-0.2, -0.15) is 0 Å². The minimum absolute atomic E-state index is 0.0167. The maximum atomic E-state index is 12.0. The van der Waals surface area contributed by atoms with E-state index < -0.39 is 0 Å². The number of carbonyl (C=O) groups is 1. The van der Waals surface area contributed by atoms with Gasteiger partial charge in [-0.15, -0.1) is 0 Å². The predicted molar refractivity (Wildman–Crippen MR) is 73.7 cm³/mol. The molecule has 0 saturated carbocycles. The highest BCUT2D eigenvalue weighted by molar-refractivity contribution is 5.95. The highest BCUT2D eigenvalue weighted by atomic mass is 16.2. The molecule has 1 rings (SSSR count). The second kappa shape index (κ2) is 8.70. The minimum Gasteiger partial charge on any atom is -0.396 e. The summed E-state index contributed by atoms with van der Waals surface area (Å²) in [6.07, 6.45) is 4.64. The van der Waals surface area contributed by atoms with Gasteiger partial charge in [0.1, 0.15) is 0 Å². The lowest BCUT2D eigenvalue weighted by molar-refractivity contribution is 0.0952. The molecular formula is C15H23NO2. The maximum Gasteiger partial charge on any atom is 0.251 e. The summed E-state index contributed by atoms with van der Waals surface area (Å²) in [7, 11) is 0. The van der Waals surface area contributed by atoms with Crippen molar-refractivity contribution >= 4 is 5.91 Å². The van der Waals surface area contributed by atoms with Gasteiger partial charge in [0.15, 0.2) is 0 Å². The fraction of sp³-hybridized carbons (Fsp3) is 0.533. The molecule has 3 nitrogen and oxygen atoms in total. The van der Waals surface area contributed by atoms with Gasteiger partial charge in [0.05, 0.1) is 0 Å². The number of benzene rings is 1. The molecule has 0 atom stereocenters. The fourth-order valence-electron chi connectivity index (χ4n) is 1.86. The van der Waals surface area contributed by atoms with Crippen molar-refractivity contribution < 1.29 is 9.90 Å². The van der Waals surface area contributed by atoms with Gasteiger partial charge in [0.2, 0.25) is 0 Å². The SMILES string of the molecule is CCCCNC(=O)c1ccccc1CCCCO. The lowest BCUT2D eigenvalue weighted by Gasteiger charge is -2.09. The second-order valence-corrected chi connectivity index (χ2v) is 4.45. The highest BCUT2D eigenvalue weighted by Gasteiger charge is 2.09. The normalized spacial score (nSPS) is 10.3. The number of aryl methyl sites for hydroxylation is 1. The van der Waals surface area contributed by atoms with Gasteiger partial charge in [-0.25, -0.2) is 0 Å². The average Bonchev–Trinajstić information content (AvgIpc) is 2.40. The number of carbonyl (C=O) groups excluding carboxylic acids is 1. The molecule has 0 fully saturated rings. The third kappa shape index (κ3) is 4.88. The van der Waals surface area contributed by atoms with E-state index >= 15 is 0 Å². The van der Waals surface area contributed by atoms with E-state index in [2.05, 4.69) is 12.2 Å². The molecular weight excluding hydrogens is 226 g/mol. The molecule has 0 saturated heterocycles. The summed E-state index contributed by atoms with van der Waals surface area (Å²) in [5.41, 5.74) is 1.84. The Morgan fingerprint density at radius 3 is 2.72 bits per heavy atom. The number of aliphatic hydroxyl groups is 1. The van der Waals surface area contributed by atoms with Gasteiger partial charge >= 0.3 is 0 Å². The van der Waals surface area contributed by atoms with Crippen LogP contribution in [0.15, 0.2) is 24.3 Å². The summed E-state index contributed by atoms with van der Waals surface area (Å²) < 4.78 is 0. The number of rotatable bonds is 8. The van der Waals surface area contributed by atoms with Crippen molar-refractivity contribution in [2.24, 2.45) is 0 Å². The molecule has 0 aliphatic carbocycles. The van der Waals surface area contributed by atoms with Crippen LogP contribution in [-0.4, -0.2) is 24.2 Å². The van der Waals surface area contributed by atoms with Crippen molar-refractivity contribution in [2.45, 2.75) is 39.0 Å². The van der Waals surface area contributed by atoms with Crippen LogP contribution < -0.4 is 5.32 Å². The quantitative estimate of drug-likeness (QED) is 0.696. The van der Waals surface area contributed by atoms with E-state index in [1.54, 1.807) is 0 Å². The fourth-order valence-corrected chi connectivity index (χ4v) is 1.86. The van der Waals surface area contributed by atoms with Crippen LogP contribution in [0.1, 0.15) is 48.5 Å². The van der Waals surface area contributed by atoms with Crippen LogP contribution in [0.4, 0.5) is 0 Å². The average molecular weight is 249 g/mol. The summed E-state index contributed by atoms with van der Waals surface area (Å²) in [5, 5.41) is 11.7. The van der Waals surface area contributed by atoms with Crippen molar-refractivity contribution in [3.8, 4) is 0 Å². The van der Waals surface area contributed by atoms with Crippen LogP contribution in [0.25, 0.3) is 0 Å². The third-order valence-electron chi connectivity index (χ3n) is 2.93. The Balaban J connectivity index is 2.59. The molecule has 0 aliphatic heterocycles. The summed E-state index contributed by atoms with van der Waals surface area (Å²) in [5.74, 6) is 0.0167. The van der Waals surface area contributed by atoms with E-state index in [1.165, 1.54) is 0 Å². The molecule has 0 radical (unpaired) electrons. The second-order valence-electron chi connectivity index (χ2n) is 4.45. The summed E-state index contributed by atoms with van der Waals surface area (Å²) in [4.78, 5) is 12.0. The maximum absolute atomic E-state index is 12.0. The number of hydrogen-bond acceptors (Lipinski definition) is 2. The van der Waals surface area contributed by atoms with Gasteiger partial charge in [-0.05, 0) is 37.3 Å². The van der Waals surface area contributed by atoms with E-state index in [1.807, 2.05) is 24.3 Å². The number of unbranched alkanes of at least 4 members (excludes halogenated alkanes) is 2. The predicted octanol–water partition coefficient (Wildman–Crippen LogP) is 2.53. The van der Waals surface area contributed by atoms with Gasteiger partial charge < -0.3 is 10.4 Å². The molecule has 100 valence electrons. The Bertz CT molecular complexity index is 363.